The molecule has 0 aliphatic heterocycles. The molecule has 0 aliphatic carbocycles. The van der Waals surface area contributed by atoms with Crippen molar-refractivity contribution < 1.29 is 13.9 Å². The molecule has 0 saturated heterocycles. The first-order chi connectivity index (χ1) is 14.6. The van der Waals surface area contributed by atoms with Gasteiger partial charge in [-0.25, -0.2) is 9.97 Å². The Morgan fingerprint density at radius 3 is 2.60 bits per heavy atom. The molecule has 160 valence electrons. The van der Waals surface area contributed by atoms with Gasteiger partial charge in [0.1, 0.15) is 17.3 Å². The van der Waals surface area contributed by atoms with Crippen molar-refractivity contribution in [3.05, 3.63) is 59.0 Å². The van der Waals surface area contributed by atoms with E-state index in [-0.39, 0.29) is 0 Å². The fourth-order valence-electron chi connectivity index (χ4n) is 2.51. The summed E-state index contributed by atoms with van der Waals surface area (Å²) in [7, 11) is 3.27. The zero-order chi connectivity index (χ0) is 21.9. The number of hydrogen-bond donors (Lipinski definition) is 1. The molecule has 3 aromatic rings. The lowest BCUT2D eigenvalue weighted by Gasteiger charge is -2.10. The first-order valence-corrected chi connectivity index (χ1v) is 10.6. The molecular weight excluding hydrogens is 400 g/mol. The summed E-state index contributed by atoms with van der Waals surface area (Å²) in [5.41, 5.74) is 1.83. The Morgan fingerprint density at radius 1 is 1.13 bits per heavy atom. The number of ether oxygens (including phenoxy) is 2. The Balaban J connectivity index is 0.00000155. The van der Waals surface area contributed by atoms with E-state index in [9.17, 15) is 0 Å². The van der Waals surface area contributed by atoms with Gasteiger partial charge in [-0.05, 0) is 49.2 Å². The largest absolute Gasteiger partial charge is 0.497 e. The van der Waals surface area contributed by atoms with Crippen molar-refractivity contribution in [1.29, 1.82) is 0 Å². The molecule has 0 saturated carbocycles. The lowest BCUT2D eigenvalue weighted by atomic mass is 10.3. The van der Waals surface area contributed by atoms with Crippen molar-refractivity contribution in [2.45, 2.75) is 34.1 Å². The molecule has 0 spiro atoms. The van der Waals surface area contributed by atoms with Gasteiger partial charge < -0.3 is 18.6 Å². The van der Waals surface area contributed by atoms with Crippen LogP contribution in [0, 0.1) is 0 Å². The second-order valence-electron chi connectivity index (χ2n) is 5.76. The Labute approximate surface area is 181 Å². The minimum Gasteiger partial charge on any atom is -0.497 e. The molecule has 0 unspecified atom stereocenters. The van der Waals surface area contributed by atoms with Crippen molar-refractivity contribution in [3.63, 3.8) is 0 Å². The highest BCUT2D eigenvalue weighted by atomic mass is 32.2. The van der Waals surface area contributed by atoms with Crippen LogP contribution in [0.4, 0.5) is 5.82 Å². The van der Waals surface area contributed by atoms with Crippen molar-refractivity contribution >= 4 is 29.0 Å². The number of pyridine rings is 2. The third-order valence-corrected chi connectivity index (χ3v) is 4.60. The molecule has 0 amide bonds. The Kier molecular flexibility index (Phi) is 9.21. The molecule has 0 bridgehead atoms. The van der Waals surface area contributed by atoms with Crippen molar-refractivity contribution in [2.75, 3.05) is 18.9 Å². The highest BCUT2D eigenvalue weighted by Gasteiger charge is 2.11. The third kappa shape index (κ3) is 6.00. The maximum atomic E-state index is 5.73. The van der Waals surface area contributed by atoms with Gasteiger partial charge in [-0.2, -0.15) is 4.98 Å². The number of methoxy groups -OCH3 is 2. The van der Waals surface area contributed by atoms with Gasteiger partial charge in [0.05, 0.1) is 14.2 Å². The summed E-state index contributed by atoms with van der Waals surface area (Å²) in [6.45, 7) is 8.00. The Morgan fingerprint density at radius 2 is 1.93 bits per heavy atom. The van der Waals surface area contributed by atoms with E-state index in [1.165, 1.54) is 11.9 Å². The first kappa shape index (κ1) is 23.3. The number of aromatic nitrogens is 3. The van der Waals surface area contributed by atoms with Gasteiger partial charge >= 0.3 is 0 Å². The van der Waals surface area contributed by atoms with Crippen LogP contribution in [-0.2, 0) is 9.47 Å². The first-order valence-electron chi connectivity index (χ1n) is 9.75. The van der Waals surface area contributed by atoms with Crippen LogP contribution in [0.3, 0.4) is 0 Å². The van der Waals surface area contributed by atoms with Gasteiger partial charge in [0, 0.05) is 17.5 Å². The van der Waals surface area contributed by atoms with Gasteiger partial charge in [0.2, 0.25) is 5.89 Å². The normalized spacial score (nSPS) is 12.0. The fourth-order valence-corrected chi connectivity index (χ4v) is 3.05. The van der Waals surface area contributed by atoms with Crippen LogP contribution >= 0.6 is 11.9 Å². The molecule has 7 nitrogen and oxygen atoms in total. The average molecular weight is 429 g/mol. The lowest BCUT2D eigenvalue weighted by Crippen LogP contribution is -1.96. The predicted molar refractivity (Wildman–Crippen MR) is 123 cm³/mol. The van der Waals surface area contributed by atoms with Crippen molar-refractivity contribution in [2.24, 2.45) is 0 Å². The summed E-state index contributed by atoms with van der Waals surface area (Å²) < 4.78 is 19.7. The van der Waals surface area contributed by atoms with Gasteiger partial charge in [-0.15, -0.1) is 0 Å². The fraction of sp³-hybridized carbons (Fsp3) is 0.318. The molecule has 1 N–H and O–H groups in total. The molecule has 0 aromatic carbocycles. The number of allylic oxidation sites excluding steroid dienone is 3. The van der Waals surface area contributed by atoms with Crippen molar-refractivity contribution in [1.82, 2.24) is 15.0 Å². The summed E-state index contributed by atoms with van der Waals surface area (Å²) in [5, 5.41) is 0. The van der Waals surface area contributed by atoms with E-state index in [1.807, 2.05) is 64.1 Å². The molecule has 3 rings (SSSR count). The van der Waals surface area contributed by atoms with E-state index < -0.39 is 0 Å². The van der Waals surface area contributed by atoms with E-state index in [0.717, 1.165) is 17.1 Å². The van der Waals surface area contributed by atoms with E-state index >= 15 is 0 Å². The number of oxazole rings is 1. The second kappa shape index (κ2) is 11.9. The smallest absolute Gasteiger partial charge is 0.247 e. The molecule has 0 aliphatic rings. The van der Waals surface area contributed by atoms with E-state index in [1.54, 1.807) is 20.4 Å². The number of anilines is 1. The van der Waals surface area contributed by atoms with Crippen LogP contribution in [0.2, 0.25) is 0 Å². The minimum absolute atomic E-state index is 0.437. The van der Waals surface area contributed by atoms with E-state index in [2.05, 4.69) is 19.7 Å². The summed E-state index contributed by atoms with van der Waals surface area (Å²) in [5.74, 6) is 2.63. The molecule has 8 heteroatoms. The van der Waals surface area contributed by atoms with E-state index in [0.29, 0.717) is 34.4 Å². The van der Waals surface area contributed by atoms with Crippen LogP contribution in [0.25, 0.3) is 22.8 Å². The number of nitrogens with one attached hydrogen (secondary N) is 1. The monoisotopic (exact) mass is 428 g/mol. The molecular formula is C22H28N4O3S. The second-order valence-corrected chi connectivity index (χ2v) is 6.81. The summed E-state index contributed by atoms with van der Waals surface area (Å²) in [4.78, 5) is 14.1. The molecule has 30 heavy (non-hydrogen) atoms. The third-order valence-electron chi connectivity index (χ3n) is 3.85. The zero-order valence-electron chi connectivity index (χ0n) is 18.2. The molecule has 0 atom stereocenters. The average Bonchev–Trinajstić information content (AvgIpc) is 3.24. The molecule has 0 radical (unpaired) electrons. The lowest BCUT2D eigenvalue weighted by molar-refractivity contribution is 0.223. The maximum absolute atomic E-state index is 5.73. The maximum Gasteiger partial charge on any atom is 0.247 e. The molecule has 3 aromatic heterocycles. The number of nitrogens with zero attached hydrogens (tertiary/aromatic N) is 3. The molecule has 3 heterocycles. The number of rotatable bonds is 8. The SMILES string of the molecule is CC.CC/C(OC)=C(\C=C(/C)SNc1cccc(-c2nc3ncccc3o2)n1)OC. The van der Waals surface area contributed by atoms with Gasteiger partial charge in [-0.1, -0.05) is 26.8 Å². The summed E-state index contributed by atoms with van der Waals surface area (Å²) >= 11 is 1.44. The minimum atomic E-state index is 0.437. The van der Waals surface area contributed by atoms with Crippen LogP contribution in [0.15, 0.2) is 63.4 Å². The quantitative estimate of drug-likeness (QED) is 0.258. The topological polar surface area (TPSA) is 82.3 Å². The Hall–Kier alpha value is -3.00. The zero-order valence-corrected chi connectivity index (χ0v) is 19.0. The van der Waals surface area contributed by atoms with Gasteiger partial charge in [-0.3, -0.25) is 0 Å². The standard InChI is InChI=1S/C20H22N4O3S.C2H6/c1-5-15(25-3)17(26-4)12-13(2)28-24-18-10-6-8-14(22-18)20-23-19-16(27-20)9-7-11-21-19;1-2/h6-12H,5H2,1-4H3,(H,22,24);1-2H3/b13-12+,17-15-;. The Bertz CT molecular complexity index is 975. The van der Waals surface area contributed by atoms with Gasteiger partial charge in [0.25, 0.3) is 0 Å². The summed E-state index contributed by atoms with van der Waals surface area (Å²) in [6.07, 6.45) is 4.36. The highest BCUT2D eigenvalue weighted by molar-refractivity contribution is 8.04. The predicted octanol–water partition coefficient (Wildman–Crippen LogP) is 6.19. The van der Waals surface area contributed by atoms with E-state index in [4.69, 9.17) is 13.9 Å². The van der Waals surface area contributed by atoms with Crippen LogP contribution in [-0.4, -0.2) is 29.2 Å². The van der Waals surface area contributed by atoms with Gasteiger partial charge in [0.15, 0.2) is 17.0 Å². The number of fused-ring (bicyclic) bond motifs is 1. The van der Waals surface area contributed by atoms with Crippen LogP contribution in [0.5, 0.6) is 0 Å². The van der Waals surface area contributed by atoms with Crippen molar-refractivity contribution in [3.8, 4) is 11.6 Å². The number of hydrogen-bond acceptors (Lipinski definition) is 8. The highest BCUT2D eigenvalue weighted by Crippen LogP contribution is 2.25. The van der Waals surface area contributed by atoms with Crippen LogP contribution < -0.4 is 4.72 Å². The summed E-state index contributed by atoms with van der Waals surface area (Å²) in [6, 6.07) is 9.26. The van der Waals surface area contributed by atoms with Crippen LogP contribution in [0.1, 0.15) is 34.1 Å². The molecule has 0 fully saturated rings.